The summed E-state index contributed by atoms with van der Waals surface area (Å²) >= 11 is 0. The molecule has 0 saturated carbocycles. The number of rotatable bonds is 6. The van der Waals surface area contributed by atoms with Crippen LogP contribution in [0.1, 0.15) is 13.8 Å². The smallest absolute Gasteiger partial charge is 0.238 e. The molecule has 0 saturated heterocycles. The van der Waals surface area contributed by atoms with E-state index in [0.717, 1.165) is 0 Å². The van der Waals surface area contributed by atoms with Gasteiger partial charge in [0.2, 0.25) is 5.91 Å². The van der Waals surface area contributed by atoms with Gasteiger partial charge in [0, 0.05) is 11.8 Å². The van der Waals surface area contributed by atoms with Crippen molar-refractivity contribution in [3.05, 3.63) is 18.2 Å². The van der Waals surface area contributed by atoms with Gasteiger partial charge < -0.3 is 20.5 Å². The normalized spacial score (nSPS) is 9.82. The zero-order valence-corrected chi connectivity index (χ0v) is 10.2. The summed E-state index contributed by atoms with van der Waals surface area (Å²) in [5.74, 6) is 1.04. The highest BCUT2D eigenvalue weighted by Gasteiger charge is 2.07. The second-order valence-electron chi connectivity index (χ2n) is 3.28. The predicted molar refractivity (Wildman–Crippen MR) is 66.5 cm³/mol. The fourth-order valence-corrected chi connectivity index (χ4v) is 1.34. The number of hydrogen-bond acceptors (Lipinski definition) is 4. The van der Waals surface area contributed by atoms with Crippen LogP contribution in [0.5, 0.6) is 11.5 Å². The number of benzene rings is 1. The quantitative estimate of drug-likeness (QED) is 0.785. The van der Waals surface area contributed by atoms with Gasteiger partial charge in [-0.25, -0.2) is 0 Å². The molecule has 3 N–H and O–H groups in total. The molecule has 1 rings (SSSR count). The average Bonchev–Trinajstić information content (AvgIpc) is 2.33. The zero-order valence-electron chi connectivity index (χ0n) is 10.2. The maximum Gasteiger partial charge on any atom is 0.238 e. The number of nitrogens with two attached hydrogens (primary N) is 1. The minimum absolute atomic E-state index is 0.0445. The molecule has 0 spiro atoms. The third kappa shape index (κ3) is 3.96. The monoisotopic (exact) mass is 238 g/mol. The number of anilines is 1. The highest BCUT2D eigenvalue weighted by Crippen LogP contribution is 2.30. The average molecular weight is 238 g/mol. The fourth-order valence-electron chi connectivity index (χ4n) is 1.34. The first-order valence-electron chi connectivity index (χ1n) is 5.60. The Morgan fingerprint density at radius 3 is 2.47 bits per heavy atom. The number of nitrogens with one attached hydrogen (secondary N) is 1. The number of amides is 1. The summed E-state index contributed by atoms with van der Waals surface area (Å²) in [6, 6.07) is 5.24. The first kappa shape index (κ1) is 13.3. The molecule has 1 aromatic rings. The molecular weight excluding hydrogens is 220 g/mol. The number of carbonyl (C=O) groups is 1. The van der Waals surface area contributed by atoms with Crippen LogP contribution >= 0.6 is 0 Å². The summed E-state index contributed by atoms with van der Waals surface area (Å²) in [6.07, 6.45) is 0. The van der Waals surface area contributed by atoms with Crippen molar-refractivity contribution < 1.29 is 14.3 Å². The van der Waals surface area contributed by atoms with E-state index in [0.29, 0.717) is 30.4 Å². The summed E-state index contributed by atoms with van der Waals surface area (Å²) in [5, 5.41) is 2.66. The molecule has 0 aliphatic carbocycles. The molecule has 5 nitrogen and oxygen atoms in total. The van der Waals surface area contributed by atoms with Crippen molar-refractivity contribution >= 4 is 11.6 Å². The zero-order chi connectivity index (χ0) is 12.7. The van der Waals surface area contributed by atoms with Crippen LogP contribution in [0.2, 0.25) is 0 Å². The van der Waals surface area contributed by atoms with E-state index in [9.17, 15) is 4.79 Å². The van der Waals surface area contributed by atoms with Gasteiger partial charge in [0.25, 0.3) is 0 Å². The molecule has 0 aliphatic heterocycles. The predicted octanol–water partition coefficient (Wildman–Crippen LogP) is 1.38. The molecular formula is C12H18N2O3. The van der Waals surface area contributed by atoms with Gasteiger partial charge in [-0.15, -0.1) is 0 Å². The van der Waals surface area contributed by atoms with E-state index in [2.05, 4.69) is 5.32 Å². The van der Waals surface area contributed by atoms with Crippen molar-refractivity contribution in [3.8, 4) is 11.5 Å². The Hall–Kier alpha value is -1.75. The second-order valence-corrected chi connectivity index (χ2v) is 3.28. The van der Waals surface area contributed by atoms with Gasteiger partial charge in [-0.3, -0.25) is 4.79 Å². The van der Waals surface area contributed by atoms with Crippen LogP contribution < -0.4 is 20.5 Å². The molecule has 0 aliphatic rings. The molecule has 0 bridgehead atoms. The van der Waals surface area contributed by atoms with Gasteiger partial charge in [0.05, 0.1) is 19.8 Å². The van der Waals surface area contributed by atoms with E-state index in [1.54, 1.807) is 18.2 Å². The van der Waals surface area contributed by atoms with E-state index in [1.807, 2.05) is 13.8 Å². The lowest BCUT2D eigenvalue weighted by molar-refractivity contribution is -0.114. The van der Waals surface area contributed by atoms with Crippen molar-refractivity contribution in [2.75, 3.05) is 25.1 Å². The fraction of sp³-hybridized carbons (Fsp3) is 0.417. The molecule has 0 fully saturated rings. The number of hydrogen-bond donors (Lipinski definition) is 2. The van der Waals surface area contributed by atoms with Gasteiger partial charge in [-0.2, -0.15) is 0 Å². The lowest BCUT2D eigenvalue weighted by Crippen LogP contribution is -2.21. The van der Waals surface area contributed by atoms with Crippen molar-refractivity contribution in [1.29, 1.82) is 0 Å². The highest BCUT2D eigenvalue weighted by atomic mass is 16.5. The third-order valence-electron chi connectivity index (χ3n) is 2.01. The Kier molecular flexibility index (Phi) is 5.29. The van der Waals surface area contributed by atoms with Gasteiger partial charge in [-0.05, 0) is 26.0 Å². The molecule has 1 aromatic carbocycles. The first-order valence-corrected chi connectivity index (χ1v) is 5.60. The molecule has 0 unspecified atom stereocenters. The van der Waals surface area contributed by atoms with E-state index in [1.165, 1.54) is 0 Å². The largest absolute Gasteiger partial charge is 0.490 e. The maximum atomic E-state index is 11.2. The van der Waals surface area contributed by atoms with Crippen molar-refractivity contribution in [3.63, 3.8) is 0 Å². The van der Waals surface area contributed by atoms with Gasteiger partial charge in [0.15, 0.2) is 11.5 Å². The molecule has 0 radical (unpaired) electrons. The van der Waals surface area contributed by atoms with Crippen LogP contribution in [-0.4, -0.2) is 25.7 Å². The lowest BCUT2D eigenvalue weighted by atomic mass is 10.2. The first-order chi connectivity index (χ1) is 8.21. The Labute approximate surface area is 101 Å². The van der Waals surface area contributed by atoms with Crippen LogP contribution in [0.25, 0.3) is 0 Å². The minimum atomic E-state index is -0.239. The summed E-state index contributed by atoms with van der Waals surface area (Å²) in [5.41, 5.74) is 5.87. The Bertz CT molecular complexity index is 380. The summed E-state index contributed by atoms with van der Waals surface area (Å²) < 4.78 is 10.9. The Balaban J connectivity index is 2.88. The van der Waals surface area contributed by atoms with Crippen molar-refractivity contribution in [2.45, 2.75) is 13.8 Å². The molecule has 0 aromatic heterocycles. The standard InChI is InChI=1S/C12H18N2O3/c1-3-16-10-6-5-9(14-12(15)8-13)7-11(10)17-4-2/h5-7H,3-4,8,13H2,1-2H3,(H,14,15). The van der Waals surface area contributed by atoms with E-state index >= 15 is 0 Å². The molecule has 5 heteroatoms. The second kappa shape index (κ2) is 6.75. The van der Waals surface area contributed by atoms with Crippen molar-refractivity contribution in [1.82, 2.24) is 0 Å². The third-order valence-corrected chi connectivity index (χ3v) is 2.01. The minimum Gasteiger partial charge on any atom is -0.490 e. The highest BCUT2D eigenvalue weighted by molar-refractivity contribution is 5.92. The Morgan fingerprint density at radius 2 is 1.88 bits per heavy atom. The Morgan fingerprint density at radius 1 is 1.24 bits per heavy atom. The van der Waals surface area contributed by atoms with Crippen LogP contribution in [0.3, 0.4) is 0 Å². The molecule has 1 amide bonds. The molecule has 94 valence electrons. The summed E-state index contributed by atoms with van der Waals surface area (Å²) in [6.45, 7) is 4.85. The SMILES string of the molecule is CCOc1ccc(NC(=O)CN)cc1OCC. The van der Waals surface area contributed by atoms with Gasteiger partial charge >= 0.3 is 0 Å². The van der Waals surface area contributed by atoms with Crippen LogP contribution in [0.15, 0.2) is 18.2 Å². The van der Waals surface area contributed by atoms with E-state index in [-0.39, 0.29) is 12.5 Å². The van der Waals surface area contributed by atoms with E-state index in [4.69, 9.17) is 15.2 Å². The lowest BCUT2D eigenvalue weighted by Gasteiger charge is -2.12. The summed E-state index contributed by atoms with van der Waals surface area (Å²) in [7, 11) is 0. The molecule has 17 heavy (non-hydrogen) atoms. The number of ether oxygens (including phenoxy) is 2. The van der Waals surface area contributed by atoms with Crippen LogP contribution in [0, 0.1) is 0 Å². The van der Waals surface area contributed by atoms with Gasteiger partial charge in [-0.1, -0.05) is 0 Å². The van der Waals surface area contributed by atoms with Crippen LogP contribution in [-0.2, 0) is 4.79 Å². The van der Waals surface area contributed by atoms with Crippen LogP contribution in [0.4, 0.5) is 5.69 Å². The van der Waals surface area contributed by atoms with Crippen molar-refractivity contribution in [2.24, 2.45) is 5.73 Å². The topological polar surface area (TPSA) is 73.6 Å². The maximum absolute atomic E-state index is 11.2. The summed E-state index contributed by atoms with van der Waals surface area (Å²) in [4.78, 5) is 11.2. The molecule has 0 heterocycles. The molecule has 0 atom stereocenters. The number of carbonyl (C=O) groups excluding carboxylic acids is 1. The van der Waals surface area contributed by atoms with E-state index < -0.39 is 0 Å². The van der Waals surface area contributed by atoms with Gasteiger partial charge in [0.1, 0.15) is 0 Å².